The van der Waals surface area contributed by atoms with Crippen LogP contribution < -0.4 is 14.8 Å². The van der Waals surface area contributed by atoms with Gasteiger partial charge in [0.1, 0.15) is 0 Å². The van der Waals surface area contributed by atoms with Crippen molar-refractivity contribution in [1.29, 1.82) is 0 Å². The number of benzene rings is 1. The quantitative estimate of drug-likeness (QED) is 0.831. The molecule has 1 aromatic carbocycles. The summed E-state index contributed by atoms with van der Waals surface area (Å²) in [7, 11) is 7.54. The van der Waals surface area contributed by atoms with E-state index in [-0.39, 0.29) is 6.10 Å². The number of ether oxygens (including phenoxy) is 3. The molecule has 0 bridgehead atoms. The Hall–Kier alpha value is -1.30. The zero-order valence-electron chi connectivity index (χ0n) is 14.1. The Kier molecular flexibility index (Phi) is 6.49. The van der Waals surface area contributed by atoms with Gasteiger partial charge in [-0.1, -0.05) is 6.07 Å². The lowest BCUT2D eigenvalue weighted by atomic mass is 9.89. The van der Waals surface area contributed by atoms with Crippen molar-refractivity contribution in [3.05, 3.63) is 23.8 Å². The van der Waals surface area contributed by atoms with Crippen molar-refractivity contribution >= 4 is 0 Å². The molecule has 2 unspecified atom stereocenters. The van der Waals surface area contributed by atoms with Gasteiger partial charge in [0.05, 0.1) is 26.9 Å². The summed E-state index contributed by atoms with van der Waals surface area (Å²) in [5.74, 6) is 1.88. The Morgan fingerprint density at radius 2 is 2.05 bits per heavy atom. The molecule has 1 saturated heterocycles. The molecule has 1 heterocycles. The molecule has 0 aromatic heterocycles. The van der Waals surface area contributed by atoms with Gasteiger partial charge < -0.3 is 24.4 Å². The molecule has 2 atom stereocenters. The van der Waals surface area contributed by atoms with Crippen LogP contribution in [-0.4, -0.2) is 65.6 Å². The van der Waals surface area contributed by atoms with E-state index in [0.717, 1.165) is 44.2 Å². The fourth-order valence-corrected chi connectivity index (χ4v) is 2.89. The summed E-state index contributed by atoms with van der Waals surface area (Å²) in [6.45, 7) is 3.63. The van der Waals surface area contributed by atoms with E-state index >= 15 is 0 Å². The molecule has 124 valence electrons. The van der Waals surface area contributed by atoms with Crippen LogP contribution in [0.1, 0.15) is 17.9 Å². The van der Waals surface area contributed by atoms with E-state index in [9.17, 15) is 0 Å². The average molecular weight is 308 g/mol. The maximum atomic E-state index is 6.00. The molecular weight excluding hydrogens is 280 g/mol. The highest BCUT2D eigenvalue weighted by Crippen LogP contribution is 2.34. The molecule has 1 aliphatic rings. The highest BCUT2D eigenvalue weighted by Gasteiger charge is 2.26. The maximum Gasteiger partial charge on any atom is 0.160 e. The molecule has 1 N–H and O–H groups in total. The Morgan fingerprint density at radius 1 is 1.27 bits per heavy atom. The van der Waals surface area contributed by atoms with Gasteiger partial charge >= 0.3 is 0 Å². The number of hydrogen-bond donors (Lipinski definition) is 1. The Balaban J connectivity index is 2.22. The predicted molar refractivity (Wildman–Crippen MR) is 88.1 cm³/mol. The van der Waals surface area contributed by atoms with Gasteiger partial charge in [-0.25, -0.2) is 0 Å². The van der Waals surface area contributed by atoms with Gasteiger partial charge in [0.25, 0.3) is 0 Å². The summed E-state index contributed by atoms with van der Waals surface area (Å²) in [5.41, 5.74) is 1.24. The number of hydrogen-bond acceptors (Lipinski definition) is 5. The highest BCUT2D eigenvalue weighted by atomic mass is 16.5. The topological polar surface area (TPSA) is 43.0 Å². The van der Waals surface area contributed by atoms with Crippen molar-refractivity contribution in [2.24, 2.45) is 0 Å². The molecule has 1 aliphatic heterocycles. The number of morpholine rings is 1. The monoisotopic (exact) mass is 308 g/mol. The lowest BCUT2D eigenvalue weighted by Gasteiger charge is -2.32. The normalized spacial score (nSPS) is 20.0. The highest BCUT2D eigenvalue weighted by molar-refractivity contribution is 5.44. The first kappa shape index (κ1) is 17.1. The first-order valence-electron chi connectivity index (χ1n) is 7.84. The number of methoxy groups -OCH3 is 2. The summed E-state index contributed by atoms with van der Waals surface area (Å²) >= 11 is 0. The van der Waals surface area contributed by atoms with Gasteiger partial charge in [-0.05, 0) is 44.8 Å². The fourth-order valence-electron chi connectivity index (χ4n) is 2.89. The number of nitrogens with one attached hydrogen (secondary N) is 1. The lowest BCUT2D eigenvalue weighted by Crippen LogP contribution is -2.42. The van der Waals surface area contributed by atoms with Crippen molar-refractivity contribution < 1.29 is 14.2 Å². The van der Waals surface area contributed by atoms with Crippen LogP contribution in [0.2, 0.25) is 0 Å². The van der Waals surface area contributed by atoms with Crippen LogP contribution >= 0.6 is 0 Å². The van der Waals surface area contributed by atoms with Gasteiger partial charge in [0, 0.05) is 19.0 Å². The molecule has 5 nitrogen and oxygen atoms in total. The van der Waals surface area contributed by atoms with Crippen LogP contribution in [0.4, 0.5) is 0 Å². The second kappa shape index (κ2) is 8.36. The van der Waals surface area contributed by atoms with Crippen LogP contribution in [0.3, 0.4) is 0 Å². The predicted octanol–water partition coefficient (Wildman–Crippen LogP) is 1.73. The molecule has 5 heteroatoms. The van der Waals surface area contributed by atoms with Crippen molar-refractivity contribution in [1.82, 2.24) is 10.2 Å². The fraction of sp³-hybridized carbons (Fsp3) is 0.647. The molecule has 2 rings (SSSR count). The smallest absolute Gasteiger partial charge is 0.160 e. The van der Waals surface area contributed by atoms with E-state index in [0.29, 0.717) is 5.92 Å². The van der Waals surface area contributed by atoms with Crippen molar-refractivity contribution in [3.63, 3.8) is 0 Å². The summed E-state index contributed by atoms with van der Waals surface area (Å²) in [6.07, 6.45) is 1.25. The number of rotatable bonds is 7. The van der Waals surface area contributed by atoms with Gasteiger partial charge in [0.15, 0.2) is 11.5 Å². The minimum atomic E-state index is 0.201. The standard InChI is InChI=1S/C17H28N2O3/c1-19(2)9-7-14(17-12-18-8-10-22-17)13-5-6-15(20-3)16(11-13)21-4/h5-6,11,14,17-18H,7-10,12H2,1-4H3. The zero-order valence-corrected chi connectivity index (χ0v) is 14.1. The molecule has 0 amide bonds. The van der Waals surface area contributed by atoms with Gasteiger partial charge in [-0.2, -0.15) is 0 Å². The van der Waals surface area contributed by atoms with Gasteiger partial charge in [-0.15, -0.1) is 0 Å². The summed E-state index contributed by atoms with van der Waals surface area (Å²) in [6, 6.07) is 6.18. The third-order valence-electron chi connectivity index (χ3n) is 4.13. The number of nitrogens with zero attached hydrogens (tertiary/aromatic N) is 1. The van der Waals surface area contributed by atoms with Gasteiger partial charge in [0.2, 0.25) is 0 Å². The average Bonchev–Trinajstić information content (AvgIpc) is 2.55. The van der Waals surface area contributed by atoms with Crippen molar-refractivity contribution in [2.75, 3.05) is 54.6 Å². The Labute approximate surface area is 133 Å². The summed E-state index contributed by atoms with van der Waals surface area (Å²) in [5, 5.41) is 3.43. The molecule has 0 radical (unpaired) electrons. The van der Waals surface area contributed by atoms with Crippen molar-refractivity contribution in [2.45, 2.75) is 18.4 Å². The molecule has 0 saturated carbocycles. The van der Waals surface area contributed by atoms with Crippen LogP contribution in [0, 0.1) is 0 Å². The second-order valence-electron chi connectivity index (χ2n) is 5.93. The Bertz CT molecular complexity index is 459. The molecule has 0 spiro atoms. The van der Waals surface area contributed by atoms with E-state index in [2.05, 4.69) is 36.4 Å². The molecular formula is C17H28N2O3. The SMILES string of the molecule is COc1ccc(C(CCN(C)C)C2CNCCO2)cc1OC. The minimum Gasteiger partial charge on any atom is -0.493 e. The van der Waals surface area contributed by atoms with E-state index in [1.807, 2.05) is 6.07 Å². The van der Waals surface area contributed by atoms with Crippen LogP contribution in [-0.2, 0) is 4.74 Å². The maximum absolute atomic E-state index is 6.00. The third kappa shape index (κ3) is 4.35. The van der Waals surface area contributed by atoms with Crippen LogP contribution in [0.15, 0.2) is 18.2 Å². The Morgan fingerprint density at radius 3 is 2.64 bits per heavy atom. The van der Waals surface area contributed by atoms with Gasteiger partial charge in [-0.3, -0.25) is 0 Å². The first-order valence-corrected chi connectivity index (χ1v) is 7.84. The van der Waals surface area contributed by atoms with E-state index < -0.39 is 0 Å². The lowest BCUT2D eigenvalue weighted by molar-refractivity contribution is 0.00806. The minimum absolute atomic E-state index is 0.201. The third-order valence-corrected chi connectivity index (χ3v) is 4.13. The largest absolute Gasteiger partial charge is 0.493 e. The molecule has 0 aliphatic carbocycles. The van der Waals surface area contributed by atoms with E-state index in [1.54, 1.807) is 14.2 Å². The second-order valence-corrected chi connectivity index (χ2v) is 5.93. The molecule has 1 aromatic rings. The molecule has 22 heavy (non-hydrogen) atoms. The molecule has 1 fully saturated rings. The summed E-state index contributed by atoms with van der Waals surface area (Å²) in [4.78, 5) is 2.21. The van der Waals surface area contributed by atoms with E-state index in [4.69, 9.17) is 14.2 Å². The summed E-state index contributed by atoms with van der Waals surface area (Å²) < 4.78 is 16.8. The first-order chi connectivity index (χ1) is 10.7. The van der Waals surface area contributed by atoms with Crippen molar-refractivity contribution in [3.8, 4) is 11.5 Å². The van der Waals surface area contributed by atoms with Crippen LogP contribution in [0.5, 0.6) is 11.5 Å². The zero-order chi connectivity index (χ0) is 15.9. The van der Waals surface area contributed by atoms with Crippen LogP contribution in [0.25, 0.3) is 0 Å². The van der Waals surface area contributed by atoms with E-state index in [1.165, 1.54) is 5.56 Å².